The summed E-state index contributed by atoms with van der Waals surface area (Å²) in [6.07, 6.45) is 2.02. The summed E-state index contributed by atoms with van der Waals surface area (Å²) in [5.74, 6) is -0.280. The molecule has 5 heteroatoms. The molecule has 1 aromatic heterocycles. The number of nitrogens with zero attached hydrogens (tertiary/aromatic N) is 1. The summed E-state index contributed by atoms with van der Waals surface area (Å²) in [6.45, 7) is 3.85. The molecule has 3 rings (SSSR count). The van der Waals surface area contributed by atoms with Gasteiger partial charge in [-0.2, -0.15) is 4.98 Å². The highest BCUT2D eigenvalue weighted by Gasteiger charge is 2.12. The molecule has 0 radical (unpaired) electrons. The highest BCUT2D eigenvalue weighted by atomic mass is 19.1. The van der Waals surface area contributed by atoms with Crippen LogP contribution in [-0.4, -0.2) is 11.3 Å². The van der Waals surface area contributed by atoms with Gasteiger partial charge in [0.25, 0.3) is 6.01 Å². The van der Waals surface area contributed by atoms with Crippen molar-refractivity contribution in [1.29, 1.82) is 0 Å². The van der Waals surface area contributed by atoms with Crippen LogP contribution in [0.1, 0.15) is 23.6 Å². The van der Waals surface area contributed by atoms with Crippen molar-refractivity contribution in [2.45, 2.75) is 26.7 Å². The van der Waals surface area contributed by atoms with E-state index in [0.717, 1.165) is 40.6 Å². The minimum Gasteiger partial charge on any atom is -0.423 e. The number of nitrogens with one attached hydrogen (secondary N) is 1. The Morgan fingerprint density at radius 3 is 2.83 bits per heavy atom. The monoisotopic (exact) mass is 312 g/mol. The zero-order valence-electron chi connectivity index (χ0n) is 13.0. The normalized spacial score (nSPS) is 10.9. The third-order valence-corrected chi connectivity index (χ3v) is 3.76. The van der Waals surface area contributed by atoms with Crippen molar-refractivity contribution in [3.05, 3.63) is 52.8 Å². The molecule has 0 aliphatic carbocycles. The van der Waals surface area contributed by atoms with Crippen LogP contribution in [-0.2, 0) is 17.6 Å². The first-order chi connectivity index (χ1) is 11.1. The molecule has 0 aliphatic rings. The molecule has 0 amide bonds. The van der Waals surface area contributed by atoms with E-state index in [0.29, 0.717) is 18.0 Å². The van der Waals surface area contributed by atoms with Crippen LogP contribution < -0.4 is 5.32 Å². The molecule has 2 aromatic carbocycles. The third-order valence-electron chi connectivity index (χ3n) is 3.76. The fourth-order valence-corrected chi connectivity index (χ4v) is 2.58. The van der Waals surface area contributed by atoms with Crippen LogP contribution in [0.5, 0.6) is 0 Å². The zero-order chi connectivity index (χ0) is 16.4. The van der Waals surface area contributed by atoms with Gasteiger partial charge in [-0.15, -0.1) is 0 Å². The predicted octanol–water partition coefficient (Wildman–Crippen LogP) is 4.32. The highest BCUT2D eigenvalue weighted by Crippen LogP contribution is 2.28. The second-order valence-electron chi connectivity index (χ2n) is 5.43. The number of aromatic nitrogens is 1. The molecule has 23 heavy (non-hydrogen) atoms. The van der Waals surface area contributed by atoms with E-state index in [4.69, 9.17) is 4.42 Å². The van der Waals surface area contributed by atoms with E-state index in [9.17, 15) is 9.18 Å². The minimum atomic E-state index is -0.280. The maximum Gasteiger partial charge on any atom is 0.300 e. The van der Waals surface area contributed by atoms with E-state index in [-0.39, 0.29) is 5.82 Å². The van der Waals surface area contributed by atoms with Crippen molar-refractivity contribution >= 4 is 29.1 Å². The van der Waals surface area contributed by atoms with Gasteiger partial charge in [0.2, 0.25) is 0 Å². The quantitative estimate of drug-likeness (QED) is 0.713. The summed E-state index contributed by atoms with van der Waals surface area (Å²) in [4.78, 5) is 15.2. The van der Waals surface area contributed by atoms with Gasteiger partial charge in [0, 0.05) is 12.1 Å². The van der Waals surface area contributed by atoms with E-state index in [1.165, 1.54) is 12.1 Å². The smallest absolute Gasteiger partial charge is 0.300 e. The van der Waals surface area contributed by atoms with Gasteiger partial charge in [-0.05, 0) is 54.3 Å². The molecule has 0 spiro atoms. The predicted molar refractivity (Wildman–Crippen MR) is 87.6 cm³/mol. The lowest BCUT2D eigenvalue weighted by Crippen LogP contribution is -1.94. The van der Waals surface area contributed by atoms with E-state index < -0.39 is 0 Å². The van der Waals surface area contributed by atoms with E-state index in [2.05, 4.69) is 10.3 Å². The number of halogens is 1. The summed E-state index contributed by atoms with van der Waals surface area (Å²) < 4.78 is 18.9. The first kappa shape index (κ1) is 15.2. The van der Waals surface area contributed by atoms with Crippen molar-refractivity contribution < 1.29 is 13.6 Å². The van der Waals surface area contributed by atoms with Gasteiger partial charge >= 0.3 is 0 Å². The lowest BCUT2D eigenvalue weighted by molar-refractivity contribution is -0.107. The van der Waals surface area contributed by atoms with Gasteiger partial charge in [0.05, 0.1) is 0 Å². The SMILES string of the molecule is CCc1cc(CC=O)cc2oc(Nc3ccc(F)cc3C)nc12. The number of fused-ring (bicyclic) bond motifs is 1. The van der Waals surface area contributed by atoms with Crippen LogP contribution in [0.15, 0.2) is 34.7 Å². The first-order valence-electron chi connectivity index (χ1n) is 7.50. The lowest BCUT2D eigenvalue weighted by Gasteiger charge is -2.05. The summed E-state index contributed by atoms with van der Waals surface area (Å²) in [5, 5.41) is 3.08. The number of aldehydes is 1. The van der Waals surface area contributed by atoms with Crippen molar-refractivity contribution in [3.8, 4) is 0 Å². The number of carbonyl (C=O) groups is 1. The van der Waals surface area contributed by atoms with Crippen molar-refractivity contribution in [2.75, 3.05) is 5.32 Å². The average Bonchev–Trinajstić information content (AvgIpc) is 2.92. The topological polar surface area (TPSA) is 55.1 Å². The Kier molecular flexibility index (Phi) is 4.10. The minimum absolute atomic E-state index is 0.280. The number of aryl methyl sites for hydroxylation is 2. The molecule has 0 bridgehead atoms. The molecule has 0 saturated carbocycles. The molecule has 0 saturated heterocycles. The largest absolute Gasteiger partial charge is 0.423 e. The Balaban J connectivity index is 2.00. The highest BCUT2D eigenvalue weighted by molar-refractivity contribution is 5.80. The number of rotatable bonds is 5. The molecule has 3 aromatic rings. The average molecular weight is 312 g/mol. The second kappa shape index (κ2) is 6.20. The van der Waals surface area contributed by atoms with E-state index >= 15 is 0 Å². The van der Waals surface area contributed by atoms with Crippen LogP contribution >= 0.6 is 0 Å². The summed E-state index contributed by atoms with van der Waals surface area (Å²) in [6, 6.07) is 8.65. The lowest BCUT2D eigenvalue weighted by atomic mass is 10.1. The Bertz CT molecular complexity index is 871. The zero-order valence-corrected chi connectivity index (χ0v) is 13.0. The van der Waals surface area contributed by atoms with Crippen LogP contribution in [0.4, 0.5) is 16.1 Å². The standard InChI is InChI=1S/C18H17FN2O2/c1-3-13-9-12(6-7-22)10-16-17(13)21-18(23-16)20-15-5-4-14(19)8-11(15)2/h4-5,7-10H,3,6H2,1-2H3,(H,20,21). The van der Waals surface area contributed by atoms with Crippen molar-refractivity contribution in [2.24, 2.45) is 0 Å². The number of hydrogen-bond acceptors (Lipinski definition) is 4. The van der Waals surface area contributed by atoms with E-state index in [1.807, 2.05) is 26.0 Å². The maximum atomic E-state index is 13.2. The van der Waals surface area contributed by atoms with Crippen LogP contribution in [0, 0.1) is 12.7 Å². The van der Waals surface area contributed by atoms with Crippen molar-refractivity contribution in [3.63, 3.8) is 0 Å². The van der Waals surface area contributed by atoms with Gasteiger partial charge in [0.1, 0.15) is 17.6 Å². The Morgan fingerprint density at radius 2 is 2.13 bits per heavy atom. The van der Waals surface area contributed by atoms with Gasteiger partial charge < -0.3 is 14.5 Å². The van der Waals surface area contributed by atoms with Crippen LogP contribution in [0.2, 0.25) is 0 Å². The Labute approximate surface area is 133 Å². The fraction of sp³-hybridized carbons (Fsp3) is 0.222. The van der Waals surface area contributed by atoms with E-state index in [1.54, 1.807) is 6.07 Å². The second-order valence-corrected chi connectivity index (χ2v) is 5.43. The molecule has 1 heterocycles. The molecular formula is C18H17FN2O2. The molecule has 0 fully saturated rings. The Hall–Kier alpha value is -2.69. The van der Waals surface area contributed by atoms with Crippen LogP contribution in [0.3, 0.4) is 0 Å². The number of carbonyl (C=O) groups excluding carboxylic acids is 1. The number of benzene rings is 2. The molecule has 0 unspecified atom stereocenters. The summed E-state index contributed by atoms with van der Waals surface area (Å²) >= 11 is 0. The summed E-state index contributed by atoms with van der Waals surface area (Å²) in [5.41, 5.74) is 4.87. The molecule has 0 aliphatic heterocycles. The third kappa shape index (κ3) is 3.08. The molecule has 0 atom stereocenters. The number of hydrogen-bond donors (Lipinski definition) is 1. The molecule has 4 nitrogen and oxygen atoms in total. The van der Waals surface area contributed by atoms with Gasteiger partial charge in [-0.3, -0.25) is 0 Å². The molecule has 1 N–H and O–H groups in total. The fourth-order valence-electron chi connectivity index (χ4n) is 2.58. The Morgan fingerprint density at radius 1 is 1.30 bits per heavy atom. The number of oxazole rings is 1. The molecular weight excluding hydrogens is 295 g/mol. The van der Waals surface area contributed by atoms with Crippen LogP contribution in [0.25, 0.3) is 11.1 Å². The number of anilines is 2. The van der Waals surface area contributed by atoms with Gasteiger partial charge in [0.15, 0.2) is 5.58 Å². The van der Waals surface area contributed by atoms with Gasteiger partial charge in [-0.1, -0.05) is 13.0 Å². The van der Waals surface area contributed by atoms with Gasteiger partial charge in [-0.25, -0.2) is 4.39 Å². The first-order valence-corrected chi connectivity index (χ1v) is 7.50. The summed E-state index contributed by atoms with van der Waals surface area (Å²) in [7, 11) is 0. The maximum absolute atomic E-state index is 13.2. The van der Waals surface area contributed by atoms with Crippen molar-refractivity contribution in [1.82, 2.24) is 4.98 Å². The molecule has 118 valence electrons.